The number of aromatic nitrogens is 1. The summed E-state index contributed by atoms with van der Waals surface area (Å²) in [6.45, 7) is 6.03. The van der Waals surface area contributed by atoms with E-state index in [1.807, 2.05) is 69.3 Å². The minimum Gasteiger partial charge on any atom is -0.324 e. The van der Waals surface area contributed by atoms with Gasteiger partial charge in [0.1, 0.15) is 5.69 Å². The van der Waals surface area contributed by atoms with Crippen LogP contribution in [0, 0.1) is 0 Å². The smallest absolute Gasteiger partial charge is 0.106 e. The fraction of sp³-hybridized carbons (Fsp3) is 0.154. The molecule has 1 radical (unpaired) electrons. The largest absolute Gasteiger partial charge is 0.324 e. The van der Waals surface area contributed by atoms with Crippen molar-refractivity contribution in [2.45, 2.75) is 26.4 Å². The lowest BCUT2D eigenvalue weighted by Gasteiger charge is -2.22. The average molecular weight is 381 g/mol. The maximum Gasteiger partial charge on any atom is 0.106 e. The molecule has 1 aromatic heterocycles. The highest BCUT2D eigenvalue weighted by Gasteiger charge is 2.20. The standard InChI is InChI=1S/C26H25N2O/c1-26(2,3)29-27-25-23(20-12-6-4-7-13-20)18-22(28-16-10-11-17-28)19-24(25)21-14-8-5-9-15-21/h4-19H,1-3H3. The molecule has 3 nitrogen and oxygen atoms in total. The predicted octanol–water partition coefficient (Wildman–Crippen LogP) is 6.78. The maximum absolute atomic E-state index is 5.89. The van der Waals surface area contributed by atoms with Crippen molar-refractivity contribution in [3.63, 3.8) is 0 Å². The molecular weight excluding hydrogens is 356 g/mol. The summed E-state index contributed by atoms with van der Waals surface area (Å²) in [7, 11) is 0. The molecule has 0 atom stereocenters. The molecule has 0 aliphatic rings. The van der Waals surface area contributed by atoms with Gasteiger partial charge in [0.05, 0.1) is 5.60 Å². The summed E-state index contributed by atoms with van der Waals surface area (Å²) in [4.78, 5) is 5.89. The third kappa shape index (κ3) is 4.41. The first-order chi connectivity index (χ1) is 14.0. The molecule has 0 bridgehead atoms. The fourth-order valence-electron chi connectivity index (χ4n) is 3.23. The van der Waals surface area contributed by atoms with Gasteiger partial charge >= 0.3 is 0 Å². The quantitative estimate of drug-likeness (QED) is 0.350. The summed E-state index contributed by atoms with van der Waals surface area (Å²) in [5, 5.41) is 0. The lowest BCUT2D eigenvalue weighted by Crippen LogP contribution is -2.23. The van der Waals surface area contributed by atoms with Gasteiger partial charge in [0, 0.05) is 29.2 Å². The van der Waals surface area contributed by atoms with Gasteiger partial charge in [0.25, 0.3) is 0 Å². The van der Waals surface area contributed by atoms with Crippen molar-refractivity contribution in [1.82, 2.24) is 10.0 Å². The SMILES string of the molecule is CC(C)(C)O[N]c1c(-c2ccccc2)cc(-n2cccc2)cc1-c1ccccc1. The van der Waals surface area contributed by atoms with E-state index in [1.165, 1.54) is 0 Å². The van der Waals surface area contributed by atoms with Crippen LogP contribution in [0.15, 0.2) is 97.3 Å². The lowest BCUT2D eigenvalue weighted by atomic mass is 9.95. The Hall–Kier alpha value is -3.30. The Morgan fingerprint density at radius 2 is 1.17 bits per heavy atom. The molecule has 0 unspecified atom stereocenters. The molecule has 0 N–H and O–H groups in total. The van der Waals surface area contributed by atoms with Crippen LogP contribution in [0.4, 0.5) is 5.69 Å². The van der Waals surface area contributed by atoms with E-state index in [9.17, 15) is 0 Å². The van der Waals surface area contributed by atoms with E-state index >= 15 is 0 Å². The first-order valence-electron chi connectivity index (χ1n) is 9.83. The molecule has 3 aromatic carbocycles. The molecule has 29 heavy (non-hydrogen) atoms. The molecule has 1 heterocycles. The Morgan fingerprint density at radius 1 is 0.690 bits per heavy atom. The van der Waals surface area contributed by atoms with Crippen LogP contribution in [0.5, 0.6) is 0 Å². The lowest BCUT2D eigenvalue weighted by molar-refractivity contribution is -0.0541. The summed E-state index contributed by atoms with van der Waals surface area (Å²) in [6.07, 6.45) is 4.11. The van der Waals surface area contributed by atoms with Gasteiger partial charge in [-0.05, 0) is 56.2 Å². The average Bonchev–Trinajstić information content (AvgIpc) is 3.27. The van der Waals surface area contributed by atoms with E-state index in [4.69, 9.17) is 4.84 Å². The minimum absolute atomic E-state index is 0.374. The number of benzene rings is 3. The summed E-state index contributed by atoms with van der Waals surface area (Å²) in [6, 6.07) is 29.1. The number of hydrogen-bond donors (Lipinski definition) is 0. The Morgan fingerprint density at radius 3 is 1.62 bits per heavy atom. The van der Waals surface area contributed by atoms with Crippen LogP contribution in [-0.2, 0) is 4.84 Å². The van der Waals surface area contributed by atoms with Gasteiger partial charge in [-0.3, -0.25) is 0 Å². The monoisotopic (exact) mass is 381 g/mol. The van der Waals surface area contributed by atoms with E-state index in [1.54, 1.807) is 0 Å². The van der Waals surface area contributed by atoms with E-state index in [0.29, 0.717) is 0 Å². The number of nitrogens with zero attached hydrogens (tertiary/aromatic N) is 2. The first-order valence-corrected chi connectivity index (χ1v) is 9.83. The van der Waals surface area contributed by atoms with Gasteiger partial charge in [-0.25, -0.2) is 4.84 Å². The fourth-order valence-corrected chi connectivity index (χ4v) is 3.23. The first kappa shape index (κ1) is 19.0. The highest BCUT2D eigenvalue weighted by molar-refractivity contribution is 5.90. The van der Waals surface area contributed by atoms with Gasteiger partial charge < -0.3 is 4.57 Å². The van der Waals surface area contributed by atoms with Gasteiger partial charge in [0.2, 0.25) is 0 Å². The highest BCUT2D eigenvalue weighted by Crippen LogP contribution is 2.40. The zero-order chi connectivity index (χ0) is 20.3. The minimum atomic E-state index is -0.374. The number of hydrogen-bond acceptors (Lipinski definition) is 1. The second-order valence-corrected chi connectivity index (χ2v) is 8.01. The van der Waals surface area contributed by atoms with Crippen molar-refractivity contribution in [3.05, 3.63) is 97.3 Å². The molecule has 4 rings (SSSR count). The summed E-state index contributed by atoms with van der Waals surface area (Å²) < 4.78 is 2.12. The van der Waals surface area contributed by atoms with Crippen LogP contribution in [0.2, 0.25) is 0 Å². The van der Waals surface area contributed by atoms with E-state index in [0.717, 1.165) is 33.6 Å². The van der Waals surface area contributed by atoms with Gasteiger partial charge in [-0.1, -0.05) is 60.7 Å². The van der Waals surface area contributed by atoms with Crippen LogP contribution >= 0.6 is 0 Å². The van der Waals surface area contributed by atoms with Gasteiger partial charge in [-0.2, -0.15) is 0 Å². The predicted molar refractivity (Wildman–Crippen MR) is 119 cm³/mol. The van der Waals surface area contributed by atoms with Crippen LogP contribution in [0.3, 0.4) is 0 Å². The second kappa shape index (κ2) is 7.98. The van der Waals surface area contributed by atoms with Crippen molar-refractivity contribution in [1.29, 1.82) is 0 Å². The third-order valence-electron chi connectivity index (χ3n) is 4.58. The van der Waals surface area contributed by atoms with Crippen molar-refractivity contribution >= 4 is 5.69 Å². The molecular formula is C26H25N2O. The Balaban J connectivity index is 1.96. The van der Waals surface area contributed by atoms with E-state index < -0.39 is 0 Å². The number of rotatable bonds is 5. The molecule has 0 saturated heterocycles. The molecule has 0 aliphatic heterocycles. The van der Waals surface area contributed by atoms with Crippen LogP contribution in [0.1, 0.15) is 20.8 Å². The van der Waals surface area contributed by atoms with Crippen molar-refractivity contribution in [3.8, 4) is 27.9 Å². The van der Waals surface area contributed by atoms with Crippen LogP contribution < -0.4 is 5.48 Å². The molecule has 3 heteroatoms. The molecule has 145 valence electrons. The van der Waals surface area contributed by atoms with E-state index in [-0.39, 0.29) is 5.60 Å². The Labute approximate surface area is 172 Å². The van der Waals surface area contributed by atoms with Gasteiger partial charge in [0.15, 0.2) is 0 Å². The molecule has 0 fully saturated rings. The maximum atomic E-state index is 5.89. The van der Waals surface area contributed by atoms with E-state index in [2.05, 4.69) is 58.8 Å². The molecule has 0 amide bonds. The Bertz CT molecular complexity index is 1000. The highest BCUT2D eigenvalue weighted by atomic mass is 16.7. The molecule has 4 aromatic rings. The zero-order valence-corrected chi connectivity index (χ0v) is 17.0. The topological polar surface area (TPSA) is 28.3 Å². The van der Waals surface area contributed by atoms with Crippen LogP contribution in [-0.4, -0.2) is 10.2 Å². The van der Waals surface area contributed by atoms with Crippen molar-refractivity contribution in [2.24, 2.45) is 0 Å². The molecule has 0 saturated carbocycles. The zero-order valence-electron chi connectivity index (χ0n) is 17.0. The Kier molecular flexibility index (Phi) is 5.24. The summed E-state index contributed by atoms with van der Waals surface area (Å²) >= 11 is 0. The van der Waals surface area contributed by atoms with Gasteiger partial charge in [-0.15, -0.1) is 5.48 Å². The van der Waals surface area contributed by atoms with Crippen molar-refractivity contribution < 1.29 is 4.84 Å². The summed E-state index contributed by atoms with van der Waals surface area (Å²) in [5.41, 5.74) is 10.5. The van der Waals surface area contributed by atoms with Crippen LogP contribution in [0.25, 0.3) is 27.9 Å². The molecule has 0 spiro atoms. The summed E-state index contributed by atoms with van der Waals surface area (Å²) in [5.74, 6) is 0. The molecule has 0 aliphatic carbocycles. The normalized spacial score (nSPS) is 11.4. The van der Waals surface area contributed by atoms with Crippen molar-refractivity contribution in [2.75, 3.05) is 0 Å². The second-order valence-electron chi connectivity index (χ2n) is 8.01. The third-order valence-corrected chi connectivity index (χ3v) is 4.58.